The van der Waals surface area contributed by atoms with Gasteiger partial charge in [0.05, 0.1) is 0 Å². The summed E-state index contributed by atoms with van der Waals surface area (Å²) < 4.78 is 27.5. The summed E-state index contributed by atoms with van der Waals surface area (Å²) in [5.74, 6) is 0. The van der Waals surface area contributed by atoms with Gasteiger partial charge in [-0.15, -0.1) is 0 Å². The van der Waals surface area contributed by atoms with Crippen molar-refractivity contribution in [2.24, 2.45) is 0 Å². The van der Waals surface area contributed by atoms with Crippen molar-refractivity contribution in [1.29, 1.82) is 0 Å². The van der Waals surface area contributed by atoms with Gasteiger partial charge < -0.3 is 0 Å². The number of halogens is 1. The van der Waals surface area contributed by atoms with E-state index in [0.29, 0.717) is 0 Å². The molecule has 0 aliphatic heterocycles. The molecule has 0 rings (SSSR count). The maximum atomic E-state index is 10.2. The normalized spacial score (nSPS) is 14.4. The highest BCUT2D eigenvalue weighted by Crippen LogP contribution is 2.08. The summed E-state index contributed by atoms with van der Waals surface area (Å²) >= 11 is 5.24. The van der Waals surface area contributed by atoms with E-state index in [-0.39, 0.29) is 0 Å². The number of rotatable bonds is 2. The van der Waals surface area contributed by atoms with E-state index in [2.05, 4.69) is 0 Å². The van der Waals surface area contributed by atoms with E-state index in [9.17, 15) is 8.42 Å². The molecule has 0 aliphatic rings. The first kappa shape index (κ1) is 9.94. The largest absolute Gasteiger partial charge is 0.285 e. The fourth-order valence-electron chi connectivity index (χ4n) is 0.348. The van der Waals surface area contributed by atoms with Gasteiger partial charge in [0.1, 0.15) is 0 Å². The molecule has 60 valence electrons. The van der Waals surface area contributed by atoms with E-state index in [1.807, 2.05) is 0 Å². The highest BCUT2D eigenvalue weighted by molar-refractivity contribution is 7.88. The molecule has 0 bridgehead atoms. The smallest absolute Gasteiger partial charge is 0.284 e. The Morgan fingerprint density at radius 3 is 2.10 bits per heavy atom. The Morgan fingerprint density at radius 2 is 2.00 bits per heavy atom. The summed E-state index contributed by atoms with van der Waals surface area (Å²) in [6.45, 7) is 3.39. The molecule has 1 N–H and O–H groups in total. The molecule has 5 heteroatoms. The van der Waals surface area contributed by atoms with Crippen LogP contribution in [0.15, 0.2) is 11.6 Å². The van der Waals surface area contributed by atoms with Crippen molar-refractivity contribution in [2.75, 3.05) is 0 Å². The second-order valence-corrected chi connectivity index (χ2v) is 4.38. The first-order valence-electron chi connectivity index (χ1n) is 2.59. The van der Waals surface area contributed by atoms with Crippen LogP contribution in [0.25, 0.3) is 0 Å². The van der Waals surface area contributed by atoms with E-state index < -0.39 is 14.8 Å². The van der Waals surface area contributed by atoms with Gasteiger partial charge in [0.2, 0.25) is 0 Å². The molecule has 0 aromatic carbocycles. The fraction of sp³-hybridized carbons (Fsp3) is 0.600. The van der Waals surface area contributed by atoms with Crippen LogP contribution in [-0.2, 0) is 10.1 Å². The van der Waals surface area contributed by atoms with Crippen LogP contribution in [0.3, 0.4) is 0 Å². The van der Waals surface area contributed by atoms with Crippen LogP contribution in [0.5, 0.6) is 0 Å². The van der Waals surface area contributed by atoms with E-state index in [1.54, 1.807) is 13.8 Å². The molecule has 10 heavy (non-hydrogen) atoms. The predicted octanol–water partition coefficient (Wildman–Crippen LogP) is 1.41. The average Bonchev–Trinajstić information content (AvgIpc) is 1.60. The van der Waals surface area contributed by atoms with Gasteiger partial charge in [-0.2, -0.15) is 8.42 Å². The quantitative estimate of drug-likeness (QED) is 0.401. The second kappa shape index (κ2) is 3.37. The summed E-state index contributed by atoms with van der Waals surface area (Å²) in [6.07, 6.45) is 1.26. The first-order chi connectivity index (χ1) is 4.34. The molecule has 0 saturated heterocycles. The molecule has 0 radical (unpaired) electrons. The van der Waals surface area contributed by atoms with Gasteiger partial charge in [-0.25, -0.2) is 0 Å². The molecule has 0 amide bonds. The van der Waals surface area contributed by atoms with Crippen molar-refractivity contribution in [3.8, 4) is 0 Å². The van der Waals surface area contributed by atoms with Gasteiger partial charge >= 0.3 is 0 Å². The lowest BCUT2D eigenvalue weighted by Gasteiger charge is -1.98. The van der Waals surface area contributed by atoms with Crippen molar-refractivity contribution in [1.82, 2.24) is 0 Å². The van der Waals surface area contributed by atoms with Gasteiger partial charge in [-0.05, 0) is 13.8 Å². The molecule has 0 fully saturated rings. The lowest BCUT2D eigenvalue weighted by Crippen LogP contribution is -2.10. The molecule has 0 spiro atoms. The van der Waals surface area contributed by atoms with Gasteiger partial charge in [0.15, 0.2) is 4.71 Å². The Hall–Kier alpha value is -0.0600. The minimum atomic E-state index is -4.11. The van der Waals surface area contributed by atoms with Gasteiger partial charge in [0, 0.05) is 0 Å². The topological polar surface area (TPSA) is 54.4 Å². The Balaban J connectivity index is 4.42. The van der Waals surface area contributed by atoms with Crippen LogP contribution in [0.4, 0.5) is 0 Å². The number of hydrogen-bond donors (Lipinski definition) is 1. The van der Waals surface area contributed by atoms with Crippen molar-refractivity contribution in [3.05, 3.63) is 11.6 Å². The van der Waals surface area contributed by atoms with Crippen molar-refractivity contribution in [2.45, 2.75) is 18.6 Å². The van der Waals surface area contributed by atoms with Crippen molar-refractivity contribution in [3.63, 3.8) is 0 Å². The highest BCUT2D eigenvalue weighted by atomic mass is 35.5. The van der Waals surface area contributed by atoms with Crippen molar-refractivity contribution < 1.29 is 13.0 Å². The summed E-state index contributed by atoms with van der Waals surface area (Å²) in [7, 11) is -4.11. The lowest BCUT2D eigenvalue weighted by molar-refractivity contribution is 0.483. The SMILES string of the molecule is CC(C)=CC(Cl)S(=O)(=O)O. The molecule has 0 heterocycles. The van der Waals surface area contributed by atoms with Crippen LogP contribution in [0, 0.1) is 0 Å². The molecule has 0 aliphatic carbocycles. The molecule has 0 saturated carbocycles. The lowest BCUT2D eigenvalue weighted by atomic mass is 10.3. The van der Waals surface area contributed by atoms with E-state index in [4.69, 9.17) is 16.2 Å². The summed E-state index contributed by atoms with van der Waals surface area (Å²) in [6, 6.07) is 0. The summed E-state index contributed by atoms with van der Waals surface area (Å²) in [5, 5.41) is 0. The summed E-state index contributed by atoms with van der Waals surface area (Å²) in [4.78, 5) is 0. The number of allylic oxidation sites excluding steroid dienone is 1. The standard InChI is InChI=1S/C5H9ClO3S/c1-4(2)3-5(6)10(7,8)9/h3,5H,1-2H3,(H,7,8,9). The highest BCUT2D eigenvalue weighted by Gasteiger charge is 2.15. The zero-order chi connectivity index (χ0) is 8.36. The summed E-state index contributed by atoms with van der Waals surface area (Å²) in [5.41, 5.74) is 0.748. The predicted molar refractivity (Wildman–Crippen MR) is 40.6 cm³/mol. The third-order valence-corrected chi connectivity index (χ3v) is 2.26. The second-order valence-electron chi connectivity index (χ2n) is 2.11. The van der Waals surface area contributed by atoms with Crippen molar-refractivity contribution >= 4 is 21.7 Å². The van der Waals surface area contributed by atoms with Crippen LogP contribution in [0.2, 0.25) is 0 Å². The monoisotopic (exact) mass is 184 g/mol. The average molecular weight is 185 g/mol. The molecular formula is C5H9ClO3S. The van der Waals surface area contributed by atoms with Gasteiger partial charge in [0.25, 0.3) is 10.1 Å². The molecule has 0 aromatic rings. The zero-order valence-corrected chi connectivity index (χ0v) is 7.28. The van der Waals surface area contributed by atoms with Crippen LogP contribution in [-0.4, -0.2) is 17.7 Å². The fourth-order valence-corrected chi connectivity index (χ4v) is 1.04. The third kappa shape index (κ3) is 3.87. The molecular weight excluding hydrogens is 176 g/mol. The van der Waals surface area contributed by atoms with E-state index in [1.165, 1.54) is 6.08 Å². The third-order valence-electron chi connectivity index (χ3n) is 0.749. The number of hydrogen-bond acceptors (Lipinski definition) is 2. The number of alkyl halides is 1. The van der Waals surface area contributed by atoms with Crippen LogP contribution < -0.4 is 0 Å². The maximum Gasteiger partial charge on any atom is 0.285 e. The van der Waals surface area contributed by atoms with Gasteiger partial charge in [-0.1, -0.05) is 23.3 Å². The first-order valence-corrected chi connectivity index (χ1v) is 4.53. The van der Waals surface area contributed by atoms with E-state index in [0.717, 1.165) is 5.57 Å². The van der Waals surface area contributed by atoms with Crippen LogP contribution in [0.1, 0.15) is 13.8 Å². The maximum absolute atomic E-state index is 10.2. The Bertz CT molecular complexity index is 225. The Kier molecular flexibility index (Phi) is 3.35. The molecule has 1 unspecified atom stereocenters. The molecule has 3 nitrogen and oxygen atoms in total. The molecule has 0 aromatic heterocycles. The minimum absolute atomic E-state index is 0.748. The zero-order valence-electron chi connectivity index (χ0n) is 5.70. The Morgan fingerprint density at radius 1 is 1.60 bits per heavy atom. The minimum Gasteiger partial charge on any atom is -0.284 e. The van der Waals surface area contributed by atoms with Gasteiger partial charge in [-0.3, -0.25) is 4.55 Å². The van der Waals surface area contributed by atoms with Crippen LogP contribution >= 0.6 is 11.6 Å². The van der Waals surface area contributed by atoms with E-state index >= 15 is 0 Å². The molecule has 1 atom stereocenters. The Labute approximate surface area is 65.4 Å².